The minimum absolute atomic E-state index is 0.0882. The van der Waals surface area contributed by atoms with Gasteiger partial charge >= 0.3 is 0 Å². The van der Waals surface area contributed by atoms with E-state index in [1.165, 1.54) is 12.1 Å². The maximum absolute atomic E-state index is 10.6. The number of hydrogen-bond donors (Lipinski definition) is 1. The molecule has 1 aromatic carbocycles. The first-order valence-corrected chi connectivity index (χ1v) is 6.26. The number of nitro groups is 1. The minimum atomic E-state index is -0.412. The van der Waals surface area contributed by atoms with Crippen LogP contribution < -0.4 is 10.1 Å². The van der Waals surface area contributed by atoms with Crippen LogP contribution in [0.25, 0.3) is 0 Å². The number of anilines is 1. The molecule has 104 valence electrons. The number of hydrogen-bond acceptors (Lipinski definition) is 5. The summed E-state index contributed by atoms with van der Waals surface area (Å²) in [5.74, 6) is 1.27. The Balaban J connectivity index is 1.97. The highest BCUT2D eigenvalue weighted by molar-refractivity contribution is 5.39. The maximum Gasteiger partial charge on any atom is 0.269 e. The molecule has 0 radical (unpaired) electrons. The Morgan fingerprint density at radius 2 is 2.00 bits per heavy atom. The van der Waals surface area contributed by atoms with Crippen molar-refractivity contribution < 1.29 is 9.66 Å². The Labute approximate surface area is 116 Å². The lowest BCUT2D eigenvalue weighted by Gasteiger charge is -2.07. The highest BCUT2D eigenvalue weighted by atomic mass is 16.6. The van der Waals surface area contributed by atoms with E-state index >= 15 is 0 Å². The van der Waals surface area contributed by atoms with Gasteiger partial charge in [-0.25, -0.2) is 0 Å². The molecule has 6 nitrogen and oxygen atoms in total. The van der Waals surface area contributed by atoms with Crippen molar-refractivity contribution in [1.29, 1.82) is 0 Å². The van der Waals surface area contributed by atoms with Crippen LogP contribution in [0.2, 0.25) is 0 Å². The predicted molar refractivity (Wildman–Crippen MR) is 75.8 cm³/mol. The first-order valence-electron chi connectivity index (χ1n) is 6.26. The molecule has 0 aliphatic carbocycles. The summed E-state index contributed by atoms with van der Waals surface area (Å²) in [4.78, 5) is 14.4. The second-order valence-corrected chi connectivity index (χ2v) is 4.07. The van der Waals surface area contributed by atoms with Crippen LogP contribution >= 0.6 is 0 Å². The van der Waals surface area contributed by atoms with E-state index in [9.17, 15) is 10.1 Å². The van der Waals surface area contributed by atoms with Crippen molar-refractivity contribution in [2.45, 2.75) is 13.5 Å². The molecule has 2 aromatic rings. The molecular weight excluding hydrogens is 258 g/mol. The van der Waals surface area contributed by atoms with Crippen LogP contribution in [0.15, 0.2) is 42.5 Å². The first kappa shape index (κ1) is 13.8. The molecular formula is C14H15N3O3. The molecule has 0 atom stereocenters. The van der Waals surface area contributed by atoms with E-state index < -0.39 is 4.92 Å². The standard InChI is InChI=1S/C14H15N3O3/c1-2-20-14-5-3-4-13(16-14)15-10-11-6-8-12(9-7-11)17(18)19/h3-9H,2,10H2,1H3,(H,15,16). The number of nitrogens with zero attached hydrogens (tertiary/aromatic N) is 2. The average molecular weight is 273 g/mol. The molecule has 0 aliphatic heterocycles. The normalized spacial score (nSPS) is 10.1. The van der Waals surface area contributed by atoms with Crippen LogP contribution in [0.3, 0.4) is 0 Å². The van der Waals surface area contributed by atoms with Crippen LogP contribution in [0.4, 0.5) is 11.5 Å². The van der Waals surface area contributed by atoms with Crippen molar-refractivity contribution >= 4 is 11.5 Å². The van der Waals surface area contributed by atoms with Crippen molar-refractivity contribution in [1.82, 2.24) is 4.98 Å². The van der Waals surface area contributed by atoms with Crippen molar-refractivity contribution in [3.8, 4) is 5.88 Å². The molecule has 1 N–H and O–H groups in total. The third kappa shape index (κ3) is 3.68. The number of rotatable bonds is 6. The zero-order valence-electron chi connectivity index (χ0n) is 11.1. The summed E-state index contributed by atoms with van der Waals surface area (Å²) < 4.78 is 5.31. The number of nitro benzene ring substituents is 1. The van der Waals surface area contributed by atoms with Gasteiger partial charge in [-0.2, -0.15) is 4.98 Å². The number of nitrogens with one attached hydrogen (secondary N) is 1. The van der Waals surface area contributed by atoms with Crippen molar-refractivity contribution in [3.05, 3.63) is 58.1 Å². The maximum atomic E-state index is 10.6. The van der Waals surface area contributed by atoms with E-state index in [-0.39, 0.29) is 5.69 Å². The van der Waals surface area contributed by atoms with Gasteiger partial charge in [-0.15, -0.1) is 0 Å². The zero-order chi connectivity index (χ0) is 14.4. The van der Waals surface area contributed by atoms with Crippen LogP contribution in [0.5, 0.6) is 5.88 Å². The van der Waals surface area contributed by atoms with E-state index in [0.717, 1.165) is 5.56 Å². The minimum Gasteiger partial charge on any atom is -0.478 e. The molecule has 0 fully saturated rings. The molecule has 0 amide bonds. The summed E-state index contributed by atoms with van der Waals surface area (Å²) in [6.07, 6.45) is 0. The third-order valence-corrected chi connectivity index (χ3v) is 2.64. The molecule has 0 saturated heterocycles. The predicted octanol–water partition coefficient (Wildman–Crippen LogP) is 3.00. The van der Waals surface area contributed by atoms with Gasteiger partial charge in [-0.3, -0.25) is 10.1 Å². The van der Waals surface area contributed by atoms with Gasteiger partial charge in [0.15, 0.2) is 0 Å². The molecule has 1 aromatic heterocycles. The second kappa shape index (κ2) is 6.51. The van der Waals surface area contributed by atoms with E-state index in [0.29, 0.717) is 24.8 Å². The molecule has 0 unspecified atom stereocenters. The lowest BCUT2D eigenvalue weighted by molar-refractivity contribution is -0.384. The largest absolute Gasteiger partial charge is 0.478 e. The molecule has 6 heteroatoms. The number of pyridine rings is 1. The average Bonchev–Trinajstić information content (AvgIpc) is 2.46. The summed E-state index contributed by atoms with van der Waals surface area (Å²) in [5.41, 5.74) is 1.03. The molecule has 0 spiro atoms. The number of ether oxygens (including phenoxy) is 1. The SMILES string of the molecule is CCOc1cccc(NCc2ccc([N+](=O)[O-])cc2)n1. The van der Waals surface area contributed by atoms with E-state index in [4.69, 9.17) is 4.74 Å². The molecule has 1 heterocycles. The van der Waals surface area contributed by atoms with Crippen LogP contribution in [-0.4, -0.2) is 16.5 Å². The van der Waals surface area contributed by atoms with Crippen LogP contribution in [0.1, 0.15) is 12.5 Å². The lowest BCUT2D eigenvalue weighted by Crippen LogP contribution is -2.03. The van der Waals surface area contributed by atoms with Crippen LogP contribution in [-0.2, 0) is 6.54 Å². The number of non-ortho nitro benzene ring substituents is 1. The Bertz CT molecular complexity index is 584. The summed E-state index contributed by atoms with van der Waals surface area (Å²) in [7, 11) is 0. The zero-order valence-corrected chi connectivity index (χ0v) is 11.1. The van der Waals surface area contributed by atoms with Gasteiger partial charge in [0.1, 0.15) is 5.82 Å². The fraction of sp³-hybridized carbons (Fsp3) is 0.214. The van der Waals surface area contributed by atoms with Gasteiger partial charge in [0, 0.05) is 24.7 Å². The first-order chi connectivity index (χ1) is 9.69. The Morgan fingerprint density at radius 3 is 2.65 bits per heavy atom. The second-order valence-electron chi connectivity index (χ2n) is 4.07. The van der Waals surface area contributed by atoms with Gasteiger partial charge in [0.2, 0.25) is 5.88 Å². The van der Waals surface area contributed by atoms with Gasteiger partial charge in [-0.05, 0) is 18.6 Å². The molecule has 0 saturated carbocycles. The van der Waals surface area contributed by atoms with Crippen molar-refractivity contribution in [2.24, 2.45) is 0 Å². The molecule has 20 heavy (non-hydrogen) atoms. The molecule has 0 aliphatic rings. The quantitative estimate of drug-likeness (QED) is 0.646. The van der Waals surface area contributed by atoms with E-state index in [2.05, 4.69) is 10.3 Å². The highest BCUT2D eigenvalue weighted by Gasteiger charge is 2.04. The summed E-state index contributed by atoms with van der Waals surface area (Å²) in [6.45, 7) is 3.01. The monoisotopic (exact) mass is 273 g/mol. The topological polar surface area (TPSA) is 77.3 Å². The summed E-state index contributed by atoms with van der Waals surface area (Å²) >= 11 is 0. The molecule has 2 rings (SSSR count). The fourth-order valence-corrected chi connectivity index (χ4v) is 1.67. The highest BCUT2D eigenvalue weighted by Crippen LogP contribution is 2.15. The van der Waals surface area contributed by atoms with Crippen molar-refractivity contribution in [3.63, 3.8) is 0 Å². The Kier molecular flexibility index (Phi) is 4.49. The smallest absolute Gasteiger partial charge is 0.269 e. The van der Waals surface area contributed by atoms with Crippen LogP contribution in [0, 0.1) is 10.1 Å². The Morgan fingerprint density at radius 1 is 1.25 bits per heavy atom. The lowest BCUT2D eigenvalue weighted by atomic mass is 10.2. The van der Waals surface area contributed by atoms with E-state index in [1.807, 2.05) is 19.1 Å². The molecule has 0 bridgehead atoms. The van der Waals surface area contributed by atoms with Gasteiger partial charge in [0.05, 0.1) is 11.5 Å². The van der Waals surface area contributed by atoms with Gasteiger partial charge in [0.25, 0.3) is 5.69 Å². The fourth-order valence-electron chi connectivity index (χ4n) is 1.67. The Hall–Kier alpha value is -2.63. The van der Waals surface area contributed by atoms with Gasteiger partial charge in [-0.1, -0.05) is 18.2 Å². The number of benzene rings is 1. The van der Waals surface area contributed by atoms with E-state index in [1.54, 1.807) is 18.2 Å². The van der Waals surface area contributed by atoms with Crippen molar-refractivity contribution in [2.75, 3.05) is 11.9 Å². The number of aromatic nitrogens is 1. The third-order valence-electron chi connectivity index (χ3n) is 2.64. The van der Waals surface area contributed by atoms with Gasteiger partial charge < -0.3 is 10.1 Å². The summed E-state index contributed by atoms with van der Waals surface area (Å²) in [6, 6.07) is 11.9. The summed E-state index contributed by atoms with van der Waals surface area (Å²) in [5, 5.41) is 13.7.